The number of hydrogen-bond acceptors (Lipinski definition) is 4. The molecule has 1 aromatic heterocycles. The van der Waals surface area contributed by atoms with Gasteiger partial charge in [0.05, 0.1) is 11.6 Å². The molecular formula is C23H25FN2O4S. The molecule has 2 aromatic carbocycles. The Bertz CT molecular complexity index is 1280. The first-order valence-corrected chi connectivity index (χ1v) is 11.7. The summed E-state index contributed by atoms with van der Waals surface area (Å²) in [5, 5.41) is 0.856. The van der Waals surface area contributed by atoms with E-state index in [1.54, 1.807) is 6.07 Å². The van der Waals surface area contributed by atoms with Gasteiger partial charge in [0.1, 0.15) is 10.7 Å². The topological polar surface area (TPSA) is 79.5 Å². The van der Waals surface area contributed by atoms with E-state index in [0.29, 0.717) is 12.2 Å². The lowest BCUT2D eigenvalue weighted by atomic mass is 10.0. The molecule has 0 spiro atoms. The van der Waals surface area contributed by atoms with Crippen molar-refractivity contribution in [3.63, 3.8) is 0 Å². The van der Waals surface area contributed by atoms with Crippen molar-refractivity contribution in [1.29, 1.82) is 0 Å². The number of nitrogens with zero attached hydrogens (tertiary/aromatic N) is 1. The second-order valence-electron chi connectivity index (χ2n) is 7.97. The molecule has 1 atom stereocenters. The number of ether oxygens (including phenoxy) is 1. The molecule has 0 bridgehead atoms. The normalized spacial score (nSPS) is 17.0. The number of nitrogens with one attached hydrogen (secondary N) is 1. The quantitative estimate of drug-likeness (QED) is 0.629. The smallest absolute Gasteiger partial charge is 0.252 e. The summed E-state index contributed by atoms with van der Waals surface area (Å²) in [6.07, 6.45) is 1.27. The van der Waals surface area contributed by atoms with E-state index in [9.17, 15) is 17.6 Å². The zero-order chi connectivity index (χ0) is 22.2. The Morgan fingerprint density at radius 1 is 1.16 bits per heavy atom. The maximum absolute atomic E-state index is 14.4. The number of H-pyrrole nitrogens is 1. The van der Waals surface area contributed by atoms with E-state index in [4.69, 9.17) is 4.74 Å². The predicted molar refractivity (Wildman–Crippen MR) is 117 cm³/mol. The van der Waals surface area contributed by atoms with Crippen molar-refractivity contribution in [1.82, 2.24) is 9.29 Å². The SMILES string of the molecule is Cc1ccc(C)c2[nH]c(=O)c(CN(C[C@@H]3CCCO3)S(=O)(=O)c3ccccc3F)cc12. The zero-order valence-corrected chi connectivity index (χ0v) is 18.3. The van der Waals surface area contributed by atoms with E-state index in [2.05, 4.69) is 4.98 Å². The number of benzene rings is 2. The van der Waals surface area contributed by atoms with Crippen LogP contribution in [0.2, 0.25) is 0 Å². The lowest BCUT2D eigenvalue weighted by Crippen LogP contribution is -2.38. The third-order valence-electron chi connectivity index (χ3n) is 5.75. The molecular weight excluding hydrogens is 419 g/mol. The van der Waals surface area contributed by atoms with Crippen LogP contribution in [0, 0.1) is 19.7 Å². The largest absolute Gasteiger partial charge is 0.377 e. The number of fused-ring (bicyclic) bond motifs is 1. The highest BCUT2D eigenvalue weighted by molar-refractivity contribution is 7.89. The predicted octanol–water partition coefficient (Wildman–Crippen LogP) is 3.65. The summed E-state index contributed by atoms with van der Waals surface area (Å²) >= 11 is 0. The van der Waals surface area contributed by atoms with Crippen LogP contribution in [0.5, 0.6) is 0 Å². The molecule has 3 aromatic rings. The highest BCUT2D eigenvalue weighted by Gasteiger charge is 2.31. The van der Waals surface area contributed by atoms with Crippen molar-refractivity contribution in [3.05, 3.63) is 75.3 Å². The lowest BCUT2D eigenvalue weighted by molar-refractivity contribution is 0.0924. The van der Waals surface area contributed by atoms with Gasteiger partial charge in [-0.15, -0.1) is 0 Å². The lowest BCUT2D eigenvalue weighted by Gasteiger charge is -2.25. The van der Waals surface area contributed by atoms with E-state index in [1.807, 2.05) is 26.0 Å². The molecule has 8 heteroatoms. The fraction of sp³-hybridized carbons (Fsp3) is 0.348. The van der Waals surface area contributed by atoms with E-state index < -0.39 is 20.7 Å². The van der Waals surface area contributed by atoms with Gasteiger partial charge in [-0.3, -0.25) is 4.79 Å². The number of aryl methyl sites for hydroxylation is 2. The first-order valence-electron chi connectivity index (χ1n) is 10.3. The van der Waals surface area contributed by atoms with Crippen LogP contribution in [-0.4, -0.2) is 37.0 Å². The number of aromatic amines is 1. The number of pyridine rings is 1. The molecule has 1 N–H and O–H groups in total. The van der Waals surface area contributed by atoms with Gasteiger partial charge in [0.2, 0.25) is 10.0 Å². The van der Waals surface area contributed by atoms with Crippen molar-refractivity contribution >= 4 is 20.9 Å². The number of hydrogen-bond donors (Lipinski definition) is 1. The molecule has 4 rings (SSSR count). The molecule has 1 aliphatic rings. The van der Waals surface area contributed by atoms with Crippen LogP contribution in [0.1, 0.15) is 29.5 Å². The third kappa shape index (κ3) is 4.28. The van der Waals surface area contributed by atoms with Crippen LogP contribution in [0.15, 0.2) is 52.2 Å². The van der Waals surface area contributed by atoms with Gasteiger partial charge in [-0.2, -0.15) is 4.31 Å². The van der Waals surface area contributed by atoms with Gasteiger partial charge >= 0.3 is 0 Å². The number of halogens is 1. The maximum Gasteiger partial charge on any atom is 0.252 e. The van der Waals surface area contributed by atoms with Crippen molar-refractivity contribution < 1.29 is 17.5 Å². The fourth-order valence-electron chi connectivity index (χ4n) is 3.98. The number of rotatable bonds is 6. The molecule has 0 radical (unpaired) electrons. The average molecular weight is 445 g/mol. The monoisotopic (exact) mass is 444 g/mol. The molecule has 2 heterocycles. The Hall–Kier alpha value is -2.55. The van der Waals surface area contributed by atoms with Gasteiger partial charge in [-0.05, 0) is 56.0 Å². The van der Waals surface area contributed by atoms with Crippen LogP contribution < -0.4 is 5.56 Å². The Kier molecular flexibility index (Phi) is 5.96. The second kappa shape index (κ2) is 8.53. The summed E-state index contributed by atoms with van der Waals surface area (Å²) in [5.41, 5.74) is 2.58. The summed E-state index contributed by atoms with van der Waals surface area (Å²) < 4.78 is 47.9. The highest BCUT2D eigenvalue weighted by atomic mass is 32.2. The van der Waals surface area contributed by atoms with Crippen molar-refractivity contribution in [3.8, 4) is 0 Å². The molecule has 1 saturated heterocycles. The number of sulfonamides is 1. The molecule has 1 aliphatic heterocycles. The van der Waals surface area contributed by atoms with Gasteiger partial charge < -0.3 is 9.72 Å². The van der Waals surface area contributed by atoms with E-state index >= 15 is 0 Å². The zero-order valence-electron chi connectivity index (χ0n) is 17.5. The Morgan fingerprint density at radius 2 is 1.90 bits per heavy atom. The first-order chi connectivity index (χ1) is 14.8. The van der Waals surface area contributed by atoms with E-state index in [0.717, 1.165) is 45.2 Å². The first kappa shape index (κ1) is 21.7. The molecule has 0 saturated carbocycles. The minimum atomic E-state index is -4.18. The van der Waals surface area contributed by atoms with Crippen LogP contribution in [0.3, 0.4) is 0 Å². The van der Waals surface area contributed by atoms with Gasteiger partial charge in [0.25, 0.3) is 5.56 Å². The Morgan fingerprint density at radius 3 is 2.61 bits per heavy atom. The summed E-state index contributed by atoms with van der Waals surface area (Å²) in [4.78, 5) is 15.3. The van der Waals surface area contributed by atoms with Crippen LogP contribution in [0.4, 0.5) is 4.39 Å². The molecule has 164 valence electrons. The van der Waals surface area contributed by atoms with Crippen molar-refractivity contribution in [2.75, 3.05) is 13.2 Å². The van der Waals surface area contributed by atoms with Crippen LogP contribution >= 0.6 is 0 Å². The standard InChI is InChI=1S/C23H25FN2O4S/c1-15-9-10-16(2)22-19(15)12-17(23(27)25-22)13-26(14-18-6-5-11-30-18)31(28,29)21-8-4-3-7-20(21)24/h3-4,7-10,12,18H,5-6,11,13-14H2,1-2H3,(H,25,27)/t18-/m0/s1. The molecule has 1 fully saturated rings. The second-order valence-corrected chi connectivity index (χ2v) is 9.88. The minimum absolute atomic E-state index is 0.0565. The molecule has 0 aliphatic carbocycles. The maximum atomic E-state index is 14.4. The van der Waals surface area contributed by atoms with Gasteiger partial charge in [0.15, 0.2) is 0 Å². The highest BCUT2D eigenvalue weighted by Crippen LogP contribution is 2.25. The summed E-state index contributed by atoms with van der Waals surface area (Å²) in [6, 6.07) is 10.9. The van der Waals surface area contributed by atoms with Crippen molar-refractivity contribution in [2.24, 2.45) is 0 Å². The van der Waals surface area contributed by atoms with Gasteiger partial charge in [-0.25, -0.2) is 12.8 Å². The third-order valence-corrected chi connectivity index (χ3v) is 7.60. The summed E-state index contributed by atoms with van der Waals surface area (Å²) in [5.74, 6) is -0.821. The summed E-state index contributed by atoms with van der Waals surface area (Å²) in [7, 11) is -4.18. The summed E-state index contributed by atoms with van der Waals surface area (Å²) in [6.45, 7) is 4.29. The molecule has 31 heavy (non-hydrogen) atoms. The van der Waals surface area contributed by atoms with Gasteiger partial charge in [-0.1, -0.05) is 24.3 Å². The van der Waals surface area contributed by atoms with E-state index in [-0.39, 0.29) is 24.8 Å². The Balaban J connectivity index is 1.78. The number of aromatic nitrogens is 1. The minimum Gasteiger partial charge on any atom is -0.377 e. The molecule has 0 unspecified atom stereocenters. The van der Waals surface area contributed by atoms with Crippen molar-refractivity contribution in [2.45, 2.75) is 44.2 Å². The Labute approximate surface area is 180 Å². The fourth-order valence-corrected chi connectivity index (χ4v) is 5.50. The van der Waals surface area contributed by atoms with Crippen LogP contribution in [-0.2, 0) is 21.3 Å². The van der Waals surface area contributed by atoms with Crippen LogP contribution in [0.25, 0.3) is 10.9 Å². The van der Waals surface area contributed by atoms with E-state index in [1.165, 1.54) is 18.2 Å². The average Bonchev–Trinajstić information content (AvgIpc) is 3.24. The molecule has 6 nitrogen and oxygen atoms in total. The molecule has 0 amide bonds. The van der Waals surface area contributed by atoms with Gasteiger partial charge in [0, 0.05) is 30.6 Å².